The molecule has 1 unspecified atom stereocenters. The molecular formula is C28H35BN7O2Si. The minimum atomic E-state index is -2.04. The van der Waals surface area contributed by atoms with Crippen molar-refractivity contribution in [3.63, 3.8) is 0 Å². The summed E-state index contributed by atoms with van der Waals surface area (Å²) < 4.78 is 6.67. The Morgan fingerprint density at radius 2 is 2.00 bits per heavy atom. The van der Waals surface area contributed by atoms with Gasteiger partial charge in [-0.1, -0.05) is 27.7 Å². The Kier molecular flexibility index (Phi) is 7.65. The maximum atomic E-state index is 11.5. The van der Waals surface area contributed by atoms with Gasteiger partial charge in [-0.25, -0.2) is 19.9 Å². The van der Waals surface area contributed by atoms with Gasteiger partial charge in [-0.2, -0.15) is 5.26 Å². The van der Waals surface area contributed by atoms with E-state index < -0.39 is 13.7 Å². The van der Waals surface area contributed by atoms with Crippen LogP contribution in [0.15, 0.2) is 30.6 Å². The molecule has 9 nitrogen and oxygen atoms in total. The Morgan fingerprint density at radius 1 is 1.26 bits per heavy atom. The fourth-order valence-corrected chi connectivity index (χ4v) is 5.58. The van der Waals surface area contributed by atoms with E-state index in [1.54, 1.807) is 12.4 Å². The molecule has 0 fully saturated rings. The van der Waals surface area contributed by atoms with Crippen molar-refractivity contribution in [2.45, 2.75) is 65.1 Å². The zero-order valence-corrected chi connectivity index (χ0v) is 25.0. The van der Waals surface area contributed by atoms with Crippen molar-refractivity contribution in [3.8, 4) is 17.3 Å². The zero-order chi connectivity index (χ0) is 28.6. The van der Waals surface area contributed by atoms with E-state index >= 15 is 0 Å². The normalized spacial score (nSPS) is 16.9. The fraction of sp³-hybridized carbons (Fsp3) is 0.429. The number of hydrogen-bond acceptors (Lipinski definition) is 9. The number of aromatic nitrogens is 4. The standard InChI is InChI=1S/C28H35BN7O2Si/c1-18-24(14-32-19(2)33-18)35-26-31-10-9-23(34-26)20-11-21(13-30)25-22(12-20)28(6,15-36(25)29-17-37)16-38-39(7,8)27(3,4)5/h9-12,14,17H,15-16H2,1-8H3,(H,31,34,35). The highest BCUT2D eigenvalue weighted by atomic mass is 28.4. The van der Waals surface area contributed by atoms with Gasteiger partial charge in [0.2, 0.25) is 5.95 Å². The molecule has 0 spiro atoms. The van der Waals surface area contributed by atoms with Gasteiger partial charge in [-0.3, -0.25) is 0 Å². The molecule has 0 bridgehead atoms. The molecule has 1 atom stereocenters. The van der Waals surface area contributed by atoms with Gasteiger partial charge in [0.05, 0.1) is 28.8 Å². The van der Waals surface area contributed by atoms with E-state index in [2.05, 4.69) is 73.2 Å². The highest BCUT2D eigenvalue weighted by Gasteiger charge is 2.44. The molecule has 2 aromatic heterocycles. The lowest BCUT2D eigenvalue weighted by Gasteiger charge is -2.39. The zero-order valence-electron chi connectivity index (χ0n) is 24.0. The van der Waals surface area contributed by atoms with Crippen LogP contribution in [-0.2, 0) is 14.6 Å². The number of hydrogen-bond donors (Lipinski definition) is 1. The lowest BCUT2D eigenvalue weighted by atomic mass is 9.83. The molecule has 1 aliphatic heterocycles. The second-order valence-electron chi connectivity index (χ2n) is 11.9. The van der Waals surface area contributed by atoms with Crippen molar-refractivity contribution in [3.05, 3.63) is 53.2 Å². The number of nitrogens with zero attached hydrogens (tertiary/aromatic N) is 6. The number of nitrogens with one attached hydrogen (secondary N) is 1. The number of carbonyl (C=O) groups excluding carboxylic acids is 1. The topological polar surface area (TPSA) is 117 Å². The second-order valence-corrected chi connectivity index (χ2v) is 16.7. The van der Waals surface area contributed by atoms with Gasteiger partial charge in [0.1, 0.15) is 18.1 Å². The van der Waals surface area contributed by atoms with Crippen LogP contribution in [0.2, 0.25) is 18.1 Å². The minimum absolute atomic E-state index is 0.0598. The maximum absolute atomic E-state index is 11.5. The van der Waals surface area contributed by atoms with Crippen LogP contribution in [0.1, 0.15) is 50.3 Å². The summed E-state index contributed by atoms with van der Waals surface area (Å²) in [7, 11) is -0.540. The first kappa shape index (κ1) is 28.4. The molecule has 11 heteroatoms. The fourth-order valence-electron chi connectivity index (χ4n) is 4.46. The second kappa shape index (κ2) is 10.5. The summed E-state index contributed by atoms with van der Waals surface area (Å²) in [6, 6.07) is 8.04. The van der Waals surface area contributed by atoms with Crippen molar-refractivity contribution in [1.82, 2.24) is 19.9 Å². The molecule has 0 saturated heterocycles. The Bertz CT molecular complexity index is 1450. The Labute approximate surface area is 232 Å². The molecule has 39 heavy (non-hydrogen) atoms. The molecule has 3 aromatic rings. The Balaban J connectivity index is 1.75. The molecule has 3 heterocycles. The molecule has 0 aliphatic carbocycles. The summed E-state index contributed by atoms with van der Waals surface area (Å²) in [4.78, 5) is 31.1. The van der Waals surface area contributed by atoms with Crippen molar-refractivity contribution in [2.24, 2.45) is 0 Å². The largest absolute Gasteiger partial charge is 0.416 e. The van der Waals surface area contributed by atoms with Gasteiger partial charge >= 0.3 is 7.41 Å². The average molecular weight is 541 g/mol. The first-order valence-electron chi connectivity index (χ1n) is 13.0. The van der Waals surface area contributed by atoms with E-state index in [4.69, 9.17) is 9.41 Å². The molecular weight excluding hydrogens is 505 g/mol. The van der Waals surface area contributed by atoms with Crippen molar-refractivity contribution in [1.29, 1.82) is 5.26 Å². The highest BCUT2D eigenvalue weighted by molar-refractivity contribution is 6.74. The van der Waals surface area contributed by atoms with E-state index in [-0.39, 0.29) is 5.04 Å². The summed E-state index contributed by atoms with van der Waals surface area (Å²) in [5, 5.41) is 13.4. The van der Waals surface area contributed by atoms with E-state index in [9.17, 15) is 10.1 Å². The molecule has 1 aliphatic rings. The third-order valence-electron chi connectivity index (χ3n) is 7.78. The molecule has 1 N–H and O–H groups in total. The van der Waals surface area contributed by atoms with Crippen molar-refractivity contribution >= 4 is 39.2 Å². The minimum Gasteiger partial charge on any atom is -0.416 e. The Morgan fingerprint density at radius 3 is 2.64 bits per heavy atom. The number of benzene rings is 1. The number of fused-ring (bicyclic) bond motifs is 1. The monoisotopic (exact) mass is 540 g/mol. The number of aryl methyl sites for hydroxylation is 2. The molecule has 0 saturated carbocycles. The molecule has 1 radical (unpaired) electrons. The van der Waals surface area contributed by atoms with Crippen molar-refractivity contribution < 1.29 is 9.22 Å². The summed E-state index contributed by atoms with van der Waals surface area (Å²) in [6.45, 7) is 18.0. The molecule has 0 amide bonds. The Hall–Kier alpha value is -3.62. The van der Waals surface area contributed by atoms with Gasteiger partial charge < -0.3 is 19.3 Å². The van der Waals surface area contributed by atoms with Crippen LogP contribution in [0.3, 0.4) is 0 Å². The average Bonchev–Trinajstić information content (AvgIpc) is 3.15. The van der Waals surface area contributed by atoms with Crippen LogP contribution in [0, 0.1) is 25.2 Å². The third kappa shape index (κ3) is 5.72. The van der Waals surface area contributed by atoms with Crippen LogP contribution in [0.4, 0.5) is 17.3 Å². The summed E-state index contributed by atoms with van der Waals surface area (Å²) >= 11 is 0. The van der Waals surface area contributed by atoms with Gasteiger partial charge in [-0.05, 0) is 55.7 Å². The maximum Gasteiger partial charge on any atom is 0.329 e. The van der Waals surface area contributed by atoms with Crippen LogP contribution in [0.25, 0.3) is 11.3 Å². The van der Waals surface area contributed by atoms with Gasteiger partial charge in [0.15, 0.2) is 8.32 Å². The first-order valence-corrected chi connectivity index (χ1v) is 15.9. The number of nitriles is 1. The number of rotatable bonds is 8. The summed E-state index contributed by atoms with van der Waals surface area (Å²) in [6.07, 6.45) is 4.15. The quantitative estimate of drug-likeness (QED) is 0.309. The predicted octanol–water partition coefficient (Wildman–Crippen LogP) is 5.07. The number of anilines is 3. The molecule has 4 rings (SSSR count). The van der Waals surface area contributed by atoms with Gasteiger partial charge in [0, 0.05) is 36.0 Å². The molecule has 201 valence electrons. The lowest BCUT2D eigenvalue weighted by Crippen LogP contribution is -2.46. The van der Waals surface area contributed by atoms with Crippen LogP contribution < -0.4 is 10.1 Å². The van der Waals surface area contributed by atoms with Crippen LogP contribution >= 0.6 is 0 Å². The van der Waals surface area contributed by atoms with Crippen LogP contribution in [-0.4, -0.2) is 55.0 Å². The SMILES string of the molecule is Cc1ncc(Nc2nccc(-c3cc(C#N)c4c(c3)C(C)(CO[Si](C)(C)C(C)(C)C)CN4[B]C=O)n2)c(C)n1. The van der Waals surface area contributed by atoms with E-state index in [0.29, 0.717) is 36.2 Å². The smallest absolute Gasteiger partial charge is 0.329 e. The summed E-state index contributed by atoms with van der Waals surface area (Å²) in [5.74, 6) is 1.10. The van der Waals surface area contributed by atoms with E-state index in [1.165, 1.54) is 7.41 Å². The summed E-state index contributed by atoms with van der Waals surface area (Å²) in [5.41, 5.74) is 4.73. The van der Waals surface area contributed by atoms with Crippen molar-refractivity contribution in [2.75, 3.05) is 23.3 Å². The van der Waals surface area contributed by atoms with Gasteiger partial charge in [0.25, 0.3) is 0 Å². The lowest BCUT2D eigenvalue weighted by molar-refractivity contribution is 0.219. The first-order chi connectivity index (χ1) is 18.3. The van der Waals surface area contributed by atoms with Gasteiger partial charge in [-0.15, -0.1) is 0 Å². The van der Waals surface area contributed by atoms with E-state index in [0.717, 1.165) is 34.4 Å². The number of carbonyl (C=O) groups is 1. The predicted molar refractivity (Wildman–Crippen MR) is 157 cm³/mol. The third-order valence-corrected chi connectivity index (χ3v) is 12.3. The highest BCUT2D eigenvalue weighted by Crippen LogP contribution is 2.46. The van der Waals surface area contributed by atoms with E-state index in [1.807, 2.05) is 30.8 Å². The van der Waals surface area contributed by atoms with Crippen LogP contribution in [0.5, 0.6) is 0 Å². The molecule has 1 aromatic carbocycles.